The molecule has 0 fully saturated rings. The zero-order valence-corrected chi connectivity index (χ0v) is 14.7. The van der Waals surface area contributed by atoms with Crippen molar-refractivity contribution >= 4 is 11.6 Å². The Bertz CT molecular complexity index is 689. The summed E-state index contributed by atoms with van der Waals surface area (Å²) in [5, 5.41) is 0. The van der Waals surface area contributed by atoms with Gasteiger partial charge in [-0.15, -0.1) is 0 Å². The molecule has 0 unspecified atom stereocenters. The Labute approximate surface area is 144 Å². The number of fused-ring (bicyclic) bond motifs is 1. The maximum Gasteiger partial charge on any atom is 0.258 e. The molecule has 1 aliphatic rings. The monoisotopic (exact) mass is 322 g/mol. The molecule has 0 aliphatic carbocycles. The van der Waals surface area contributed by atoms with E-state index in [1.165, 1.54) is 11.1 Å². The number of para-hydroxylation sites is 1. The van der Waals surface area contributed by atoms with E-state index in [2.05, 4.69) is 49.1 Å². The number of aryl methyl sites for hydroxylation is 1. The van der Waals surface area contributed by atoms with E-state index >= 15 is 0 Å². The van der Waals surface area contributed by atoms with Crippen molar-refractivity contribution in [3.8, 4) is 0 Å². The van der Waals surface area contributed by atoms with Crippen LogP contribution < -0.4 is 4.90 Å². The molecule has 0 N–H and O–H groups in total. The number of hydrogen-bond donors (Lipinski definition) is 0. The summed E-state index contributed by atoms with van der Waals surface area (Å²) in [5.41, 5.74) is 4.38. The lowest BCUT2D eigenvalue weighted by atomic mass is 10.0. The molecule has 24 heavy (non-hydrogen) atoms. The van der Waals surface area contributed by atoms with Gasteiger partial charge in [0.2, 0.25) is 0 Å². The van der Waals surface area contributed by atoms with Gasteiger partial charge in [0.05, 0.1) is 0 Å². The van der Waals surface area contributed by atoms with Crippen LogP contribution in [0.3, 0.4) is 0 Å². The lowest BCUT2D eigenvalue weighted by Gasteiger charge is -2.29. The fourth-order valence-electron chi connectivity index (χ4n) is 3.36. The standard InChI is InChI=1S/C21H26N2O/c1-3-22(4-2)16-17-11-13-19(14-12-17)21(24)23-15-7-9-18-8-5-6-10-20(18)23/h5-6,8,10-14H,3-4,7,9,15-16H2,1-2H3. The Kier molecular flexibility index (Phi) is 5.31. The second-order valence-corrected chi connectivity index (χ2v) is 6.35. The number of carbonyl (C=O) groups excluding carboxylic acids is 1. The first-order valence-corrected chi connectivity index (χ1v) is 8.94. The first-order valence-electron chi connectivity index (χ1n) is 8.94. The molecule has 0 aromatic heterocycles. The molecule has 0 saturated carbocycles. The van der Waals surface area contributed by atoms with Crippen LogP contribution in [0.4, 0.5) is 5.69 Å². The van der Waals surface area contributed by atoms with Gasteiger partial charge >= 0.3 is 0 Å². The molecule has 1 aliphatic heterocycles. The summed E-state index contributed by atoms with van der Waals surface area (Å²) in [5.74, 6) is 0.108. The molecule has 3 heteroatoms. The summed E-state index contributed by atoms with van der Waals surface area (Å²) in [7, 11) is 0. The first kappa shape index (κ1) is 16.7. The predicted octanol–water partition coefficient (Wildman–Crippen LogP) is 4.12. The molecule has 0 saturated heterocycles. The van der Waals surface area contributed by atoms with Crippen LogP contribution in [-0.4, -0.2) is 30.4 Å². The average Bonchev–Trinajstić information content (AvgIpc) is 2.65. The second-order valence-electron chi connectivity index (χ2n) is 6.35. The van der Waals surface area contributed by atoms with Gasteiger partial charge in [-0.3, -0.25) is 9.69 Å². The number of anilines is 1. The largest absolute Gasteiger partial charge is 0.308 e. The van der Waals surface area contributed by atoms with Crippen LogP contribution in [0.5, 0.6) is 0 Å². The Balaban J connectivity index is 1.77. The summed E-state index contributed by atoms with van der Waals surface area (Å²) in [6, 6.07) is 16.4. The number of rotatable bonds is 5. The van der Waals surface area contributed by atoms with Gasteiger partial charge in [-0.1, -0.05) is 44.2 Å². The molecular weight excluding hydrogens is 296 g/mol. The van der Waals surface area contributed by atoms with Gasteiger partial charge in [0.25, 0.3) is 5.91 Å². The van der Waals surface area contributed by atoms with Crippen LogP contribution in [0.2, 0.25) is 0 Å². The topological polar surface area (TPSA) is 23.6 Å². The van der Waals surface area contributed by atoms with Gasteiger partial charge in [0.15, 0.2) is 0 Å². The van der Waals surface area contributed by atoms with Gasteiger partial charge in [-0.05, 0) is 55.3 Å². The van der Waals surface area contributed by atoms with Gasteiger partial charge in [0.1, 0.15) is 0 Å². The molecule has 0 atom stereocenters. The lowest BCUT2D eigenvalue weighted by Crippen LogP contribution is -2.35. The molecule has 2 aromatic rings. The minimum Gasteiger partial charge on any atom is -0.308 e. The Morgan fingerprint density at radius 2 is 1.75 bits per heavy atom. The van der Waals surface area contributed by atoms with E-state index in [9.17, 15) is 4.79 Å². The van der Waals surface area contributed by atoms with E-state index < -0.39 is 0 Å². The third-order valence-corrected chi connectivity index (χ3v) is 4.86. The minimum absolute atomic E-state index is 0.108. The van der Waals surface area contributed by atoms with Crippen molar-refractivity contribution in [2.45, 2.75) is 33.2 Å². The lowest BCUT2D eigenvalue weighted by molar-refractivity contribution is 0.0985. The molecular formula is C21H26N2O. The van der Waals surface area contributed by atoms with Gasteiger partial charge < -0.3 is 4.90 Å². The molecule has 3 nitrogen and oxygen atoms in total. The summed E-state index contributed by atoms with van der Waals surface area (Å²) < 4.78 is 0. The average molecular weight is 322 g/mol. The second kappa shape index (κ2) is 7.63. The van der Waals surface area contributed by atoms with Crippen molar-refractivity contribution in [1.29, 1.82) is 0 Å². The van der Waals surface area contributed by atoms with E-state index in [1.54, 1.807) is 0 Å². The molecule has 126 valence electrons. The number of nitrogens with zero attached hydrogens (tertiary/aromatic N) is 2. The summed E-state index contributed by atoms with van der Waals surface area (Å²) in [6.07, 6.45) is 2.09. The van der Waals surface area contributed by atoms with Crippen LogP contribution in [0, 0.1) is 0 Å². The van der Waals surface area contributed by atoms with Crippen molar-refractivity contribution in [3.63, 3.8) is 0 Å². The van der Waals surface area contributed by atoms with E-state index in [-0.39, 0.29) is 5.91 Å². The summed E-state index contributed by atoms with van der Waals surface area (Å²) in [4.78, 5) is 17.2. The number of benzene rings is 2. The molecule has 0 radical (unpaired) electrons. The third kappa shape index (κ3) is 3.51. The van der Waals surface area contributed by atoms with Gasteiger partial charge in [-0.2, -0.15) is 0 Å². The molecule has 3 rings (SSSR count). The van der Waals surface area contributed by atoms with Crippen molar-refractivity contribution in [3.05, 3.63) is 65.2 Å². The van der Waals surface area contributed by atoms with Crippen molar-refractivity contribution in [1.82, 2.24) is 4.90 Å². The van der Waals surface area contributed by atoms with Crippen LogP contribution in [0.15, 0.2) is 48.5 Å². The smallest absolute Gasteiger partial charge is 0.258 e. The molecule has 2 aromatic carbocycles. The highest BCUT2D eigenvalue weighted by Gasteiger charge is 2.23. The van der Waals surface area contributed by atoms with Crippen LogP contribution in [0.1, 0.15) is 41.8 Å². The van der Waals surface area contributed by atoms with Crippen LogP contribution in [0.25, 0.3) is 0 Å². The molecule has 1 heterocycles. The Morgan fingerprint density at radius 3 is 2.46 bits per heavy atom. The zero-order valence-electron chi connectivity index (χ0n) is 14.7. The first-order chi connectivity index (χ1) is 11.7. The van der Waals surface area contributed by atoms with Gasteiger partial charge in [-0.25, -0.2) is 0 Å². The SMILES string of the molecule is CCN(CC)Cc1ccc(C(=O)N2CCCc3ccccc32)cc1. The van der Waals surface area contributed by atoms with Gasteiger partial charge in [0, 0.05) is 24.3 Å². The predicted molar refractivity (Wildman–Crippen MR) is 99.5 cm³/mol. The molecule has 0 spiro atoms. The summed E-state index contributed by atoms with van der Waals surface area (Å²) in [6.45, 7) is 8.18. The Hall–Kier alpha value is -2.13. The van der Waals surface area contributed by atoms with Crippen LogP contribution >= 0.6 is 0 Å². The fourth-order valence-corrected chi connectivity index (χ4v) is 3.36. The van der Waals surface area contributed by atoms with E-state index in [4.69, 9.17) is 0 Å². The Morgan fingerprint density at radius 1 is 1.04 bits per heavy atom. The fraction of sp³-hybridized carbons (Fsp3) is 0.381. The third-order valence-electron chi connectivity index (χ3n) is 4.86. The highest BCUT2D eigenvalue weighted by Crippen LogP contribution is 2.28. The quantitative estimate of drug-likeness (QED) is 0.826. The van der Waals surface area contributed by atoms with Crippen molar-refractivity contribution in [2.75, 3.05) is 24.5 Å². The van der Waals surface area contributed by atoms with E-state index in [0.29, 0.717) is 0 Å². The van der Waals surface area contributed by atoms with Crippen molar-refractivity contribution < 1.29 is 4.79 Å². The maximum absolute atomic E-state index is 12.9. The zero-order chi connectivity index (χ0) is 16.9. The molecule has 1 amide bonds. The van der Waals surface area contributed by atoms with Crippen molar-refractivity contribution in [2.24, 2.45) is 0 Å². The van der Waals surface area contributed by atoms with E-state index in [1.807, 2.05) is 23.1 Å². The number of carbonyl (C=O) groups is 1. The summed E-state index contributed by atoms with van der Waals surface area (Å²) >= 11 is 0. The maximum atomic E-state index is 12.9. The highest BCUT2D eigenvalue weighted by atomic mass is 16.2. The number of hydrogen-bond acceptors (Lipinski definition) is 2. The van der Waals surface area contributed by atoms with Crippen LogP contribution in [-0.2, 0) is 13.0 Å². The normalized spacial score (nSPS) is 13.9. The van der Waals surface area contributed by atoms with E-state index in [0.717, 1.165) is 50.3 Å². The highest BCUT2D eigenvalue weighted by molar-refractivity contribution is 6.06. The minimum atomic E-state index is 0.108. The number of amides is 1. The molecule has 0 bridgehead atoms.